The molecule has 0 bridgehead atoms. The average molecular weight is 580 g/mol. The number of aryl methyl sites for hydroxylation is 2. The van der Waals surface area contributed by atoms with Crippen LogP contribution in [0.15, 0.2) is 58.1 Å². The average Bonchev–Trinajstić information content (AvgIpc) is 3.35. The molecule has 1 fully saturated rings. The Morgan fingerprint density at radius 2 is 1.60 bits per heavy atom. The maximum absolute atomic E-state index is 13.3. The van der Waals surface area contributed by atoms with E-state index in [2.05, 4.69) is 46.3 Å². The number of imidazole rings is 1. The topological polar surface area (TPSA) is 80.3 Å². The molecular weight excluding hydrogens is 546 g/mol. The predicted molar refractivity (Wildman–Crippen MR) is 166 cm³/mol. The molecule has 2 aromatic carbocycles. The van der Waals surface area contributed by atoms with E-state index in [1.165, 1.54) is 30.0 Å². The highest BCUT2D eigenvalue weighted by molar-refractivity contribution is 7.80. The minimum absolute atomic E-state index is 0.365. The number of benzene rings is 2. The summed E-state index contributed by atoms with van der Waals surface area (Å²) in [7, 11) is 3.14. The number of halogens is 1. The highest BCUT2D eigenvalue weighted by Gasteiger charge is 2.26. The van der Waals surface area contributed by atoms with Gasteiger partial charge in [-0.05, 0) is 60.5 Å². The largest absolute Gasteiger partial charge is 0.345 e. The van der Waals surface area contributed by atoms with Gasteiger partial charge in [0.15, 0.2) is 16.3 Å². The molecule has 4 aromatic rings. The van der Waals surface area contributed by atoms with E-state index in [0.717, 1.165) is 22.2 Å². The normalized spacial score (nSPS) is 13.7. The molecule has 0 atom stereocenters. The van der Waals surface area contributed by atoms with Gasteiger partial charge in [-0.3, -0.25) is 18.5 Å². The van der Waals surface area contributed by atoms with Crippen LogP contribution in [0.2, 0.25) is 5.02 Å². The molecular formula is C29H34ClN7O2S. The number of hydrogen-bond acceptors (Lipinski definition) is 5. The highest BCUT2D eigenvalue weighted by Crippen LogP contribution is 2.24. The van der Waals surface area contributed by atoms with Crippen LogP contribution in [0.25, 0.3) is 11.2 Å². The number of unbranched alkanes of at least 4 members (excludes halogenated alkanes) is 1. The van der Waals surface area contributed by atoms with Gasteiger partial charge in [-0.2, -0.15) is 4.98 Å². The van der Waals surface area contributed by atoms with Gasteiger partial charge in [0.25, 0.3) is 5.56 Å². The molecule has 5 rings (SSSR count). The lowest BCUT2D eigenvalue weighted by Crippen LogP contribution is -2.50. The van der Waals surface area contributed by atoms with E-state index < -0.39 is 5.69 Å². The minimum Gasteiger partial charge on any atom is -0.345 e. The number of rotatable bonds is 7. The lowest BCUT2D eigenvalue weighted by molar-refractivity contribution is 0.386. The molecule has 0 amide bonds. The maximum Gasteiger partial charge on any atom is 0.332 e. The summed E-state index contributed by atoms with van der Waals surface area (Å²) in [6.45, 7) is 5.34. The van der Waals surface area contributed by atoms with Crippen LogP contribution in [0.5, 0.6) is 0 Å². The Bertz CT molecular complexity index is 1630. The van der Waals surface area contributed by atoms with Crippen molar-refractivity contribution < 1.29 is 0 Å². The summed E-state index contributed by atoms with van der Waals surface area (Å²) in [6, 6.07) is 16.0. The summed E-state index contributed by atoms with van der Waals surface area (Å²) < 4.78 is 4.47. The van der Waals surface area contributed by atoms with Crippen molar-refractivity contribution in [2.45, 2.75) is 32.7 Å². The number of nitrogens with one attached hydrogen (secondary N) is 1. The van der Waals surface area contributed by atoms with Gasteiger partial charge in [0, 0.05) is 51.0 Å². The van der Waals surface area contributed by atoms with Crippen LogP contribution >= 0.6 is 23.8 Å². The number of hydrogen-bond donors (Lipinski definition) is 1. The quantitative estimate of drug-likeness (QED) is 0.332. The van der Waals surface area contributed by atoms with Crippen LogP contribution in [-0.4, -0.2) is 54.9 Å². The SMILES string of the molecule is CCCCc1ccc(NC(=S)N2CCN(c3nc4c(c(=O)n(C)c(=O)n4C)n3Cc3ccc(Cl)cc3)CC2)cc1. The molecule has 1 saturated heterocycles. The Morgan fingerprint density at radius 3 is 2.25 bits per heavy atom. The molecule has 0 saturated carbocycles. The summed E-state index contributed by atoms with van der Waals surface area (Å²) in [5, 5.41) is 4.70. The van der Waals surface area contributed by atoms with Crippen molar-refractivity contribution in [3.8, 4) is 0 Å². The summed E-state index contributed by atoms with van der Waals surface area (Å²) in [6.07, 6.45) is 3.46. The fourth-order valence-corrected chi connectivity index (χ4v) is 5.47. The van der Waals surface area contributed by atoms with Gasteiger partial charge in [-0.1, -0.05) is 49.2 Å². The van der Waals surface area contributed by atoms with Crippen LogP contribution in [0, 0.1) is 0 Å². The van der Waals surface area contributed by atoms with Gasteiger partial charge < -0.3 is 15.1 Å². The van der Waals surface area contributed by atoms with E-state index in [-0.39, 0.29) is 5.56 Å². The van der Waals surface area contributed by atoms with Crippen LogP contribution in [-0.2, 0) is 27.1 Å². The summed E-state index contributed by atoms with van der Waals surface area (Å²) >= 11 is 11.8. The summed E-state index contributed by atoms with van der Waals surface area (Å²) in [4.78, 5) is 35.0. The Kier molecular flexibility index (Phi) is 8.27. The van der Waals surface area contributed by atoms with E-state index in [1.54, 1.807) is 7.05 Å². The minimum atomic E-state index is -0.403. The monoisotopic (exact) mass is 579 g/mol. The summed E-state index contributed by atoms with van der Waals surface area (Å²) in [5.74, 6) is 0.657. The zero-order valence-corrected chi connectivity index (χ0v) is 24.6. The van der Waals surface area contributed by atoms with Crippen molar-refractivity contribution in [3.63, 3.8) is 0 Å². The Balaban J connectivity index is 1.36. The van der Waals surface area contributed by atoms with Gasteiger partial charge in [0.05, 0.1) is 6.54 Å². The Morgan fingerprint density at radius 1 is 0.950 bits per heavy atom. The van der Waals surface area contributed by atoms with Gasteiger partial charge in [-0.25, -0.2) is 4.79 Å². The van der Waals surface area contributed by atoms with E-state index in [9.17, 15) is 9.59 Å². The van der Waals surface area contributed by atoms with Crippen molar-refractivity contribution in [3.05, 3.63) is 85.5 Å². The van der Waals surface area contributed by atoms with Crippen molar-refractivity contribution >= 4 is 51.7 Å². The third-order valence-corrected chi connectivity index (χ3v) is 8.07. The smallest absolute Gasteiger partial charge is 0.332 e. The molecule has 9 nitrogen and oxygen atoms in total. The zero-order valence-electron chi connectivity index (χ0n) is 23.1. The second-order valence-corrected chi connectivity index (χ2v) is 11.0. The number of fused-ring (bicyclic) bond motifs is 1. The van der Waals surface area contributed by atoms with Crippen molar-refractivity contribution in [2.75, 3.05) is 36.4 Å². The molecule has 11 heteroatoms. The highest BCUT2D eigenvalue weighted by atomic mass is 35.5. The number of anilines is 2. The first kappa shape index (κ1) is 27.9. The molecule has 0 aliphatic carbocycles. The van der Waals surface area contributed by atoms with Crippen LogP contribution < -0.4 is 21.5 Å². The first-order valence-electron chi connectivity index (χ1n) is 13.6. The lowest BCUT2D eigenvalue weighted by atomic mass is 10.1. The lowest BCUT2D eigenvalue weighted by Gasteiger charge is -2.36. The van der Waals surface area contributed by atoms with Crippen LogP contribution in [0.4, 0.5) is 11.6 Å². The second-order valence-electron chi connectivity index (χ2n) is 10.2. The summed E-state index contributed by atoms with van der Waals surface area (Å²) in [5.41, 5.74) is 3.30. The molecule has 2 aromatic heterocycles. The molecule has 1 N–H and O–H groups in total. The van der Waals surface area contributed by atoms with Crippen molar-refractivity contribution in [1.29, 1.82) is 0 Å². The van der Waals surface area contributed by atoms with Crippen molar-refractivity contribution in [2.24, 2.45) is 14.1 Å². The molecule has 210 valence electrons. The third-order valence-electron chi connectivity index (χ3n) is 7.46. The number of piperazine rings is 1. The second kappa shape index (κ2) is 11.9. The fraction of sp³-hybridized carbons (Fsp3) is 0.379. The van der Waals surface area contributed by atoms with E-state index in [4.69, 9.17) is 28.8 Å². The van der Waals surface area contributed by atoms with Gasteiger partial charge in [0.2, 0.25) is 5.95 Å². The molecule has 0 unspecified atom stereocenters. The Labute approximate surface area is 243 Å². The first-order chi connectivity index (χ1) is 19.3. The molecule has 0 radical (unpaired) electrons. The Hall–Kier alpha value is -3.63. The standard InChI is InChI=1S/C29H34ClN7O2S/c1-4-5-6-20-9-13-23(14-10-20)31-28(40)36-17-15-35(16-18-36)27-32-25-24(26(38)34(3)29(39)33(25)2)37(27)19-21-7-11-22(30)12-8-21/h7-14H,4-6,15-19H2,1-3H3,(H,31,40). The van der Waals surface area contributed by atoms with E-state index >= 15 is 0 Å². The predicted octanol–water partition coefficient (Wildman–Crippen LogP) is 4.00. The van der Waals surface area contributed by atoms with Crippen LogP contribution in [0.1, 0.15) is 30.9 Å². The van der Waals surface area contributed by atoms with Crippen LogP contribution in [0.3, 0.4) is 0 Å². The van der Waals surface area contributed by atoms with Crippen molar-refractivity contribution in [1.82, 2.24) is 23.6 Å². The molecule has 3 heterocycles. The first-order valence-corrected chi connectivity index (χ1v) is 14.4. The fourth-order valence-electron chi connectivity index (χ4n) is 5.05. The zero-order chi connectivity index (χ0) is 28.4. The number of aromatic nitrogens is 4. The number of nitrogens with zero attached hydrogens (tertiary/aromatic N) is 6. The molecule has 1 aliphatic heterocycles. The maximum atomic E-state index is 13.3. The molecule has 1 aliphatic rings. The molecule has 0 spiro atoms. The van der Waals surface area contributed by atoms with Gasteiger partial charge >= 0.3 is 5.69 Å². The van der Waals surface area contributed by atoms with Gasteiger partial charge in [0.1, 0.15) is 0 Å². The number of thiocarbonyl (C=S) groups is 1. The molecule has 40 heavy (non-hydrogen) atoms. The third kappa shape index (κ3) is 5.64. The van der Waals surface area contributed by atoms with E-state index in [1.807, 2.05) is 28.8 Å². The van der Waals surface area contributed by atoms with Gasteiger partial charge in [-0.15, -0.1) is 0 Å². The van der Waals surface area contributed by atoms with E-state index in [0.29, 0.717) is 60.0 Å².